The molecule has 5 nitrogen and oxygen atoms in total. The first-order valence-electron chi connectivity index (χ1n) is 7.74. The number of hydrogen-bond acceptors (Lipinski definition) is 6. The van der Waals surface area contributed by atoms with Crippen LogP contribution in [0.15, 0.2) is 28.7 Å². The molecule has 1 aromatic carbocycles. The van der Waals surface area contributed by atoms with Crippen LogP contribution < -0.4 is 0 Å². The van der Waals surface area contributed by atoms with Crippen molar-refractivity contribution < 1.29 is 23.5 Å². The smallest absolute Gasteiger partial charge is 0.317 e. The molecule has 0 radical (unpaired) electrons. The largest absolute Gasteiger partial charge is 0.469 e. The molecule has 6 heteroatoms. The van der Waals surface area contributed by atoms with Crippen LogP contribution in [0.1, 0.15) is 23.7 Å². The standard InChI is InChI=1S/C18H16O5S/c1-21-17(19)10-7-8-11-14(13(10)18(20)22-2)23-15-9-5-3-4-6-12(9)24-16(11)15/h3-6,10,13H,7-8H2,1-2H3/t10-,13+/m0/s1. The quantitative estimate of drug-likeness (QED) is 0.664. The predicted octanol–water partition coefficient (Wildman–Crippen LogP) is 3.64. The van der Waals surface area contributed by atoms with Crippen molar-refractivity contribution in [1.82, 2.24) is 0 Å². The molecule has 0 fully saturated rings. The number of hydrogen-bond donors (Lipinski definition) is 0. The fourth-order valence-electron chi connectivity index (χ4n) is 3.55. The van der Waals surface area contributed by atoms with Gasteiger partial charge in [-0.05, 0) is 25.0 Å². The maximum atomic E-state index is 12.3. The lowest BCUT2D eigenvalue weighted by molar-refractivity contribution is -0.155. The van der Waals surface area contributed by atoms with E-state index in [1.54, 1.807) is 11.3 Å². The number of methoxy groups -OCH3 is 2. The lowest BCUT2D eigenvalue weighted by Gasteiger charge is -2.26. The van der Waals surface area contributed by atoms with Gasteiger partial charge in [-0.25, -0.2) is 0 Å². The Bertz CT molecular complexity index is 951. The van der Waals surface area contributed by atoms with Gasteiger partial charge in [0.05, 0.1) is 24.8 Å². The Kier molecular flexibility index (Phi) is 3.57. The molecule has 4 rings (SSSR count). The number of fused-ring (bicyclic) bond motifs is 5. The third-order valence-electron chi connectivity index (χ3n) is 4.68. The van der Waals surface area contributed by atoms with Crippen LogP contribution in [0, 0.1) is 5.92 Å². The fraction of sp³-hybridized carbons (Fsp3) is 0.333. The molecular formula is C18H16O5S. The van der Waals surface area contributed by atoms with Gasteiger partial charge in [0.1, 0.15) is 11.7 Å². The molecule has 0 N–H and O–H groups in total. The first-order chi connectivity index (χ1) is 11.7. The molecule has 124 valence electrons. The van der Waals surface area contributed by atoms with Gasteiger partial charge in [-0.3, -0.25) is 9.59 Å². The van der Waals surface area contributed by atoms with E-state index in [2.05, 4.69) is 6.07 Å². The number of carbonyl (C=O) groups excluding carboxylic acids is 2. The summed E-state index contributed by atoms with van der Waals surface area (Å²) < 4.78 is 18.1. The second-order valence-electron chi connectivity index (χ2n) is 5.87. The van der Waals surface area contributed by atoms with Crippen molar-refractivity contribution >= 4 is 43.6 Å². The van der Waals surface area contributed by atoms with Gasteiger partial charge in [-0.1, -0.05) is 12.1 Å². The minimum Gasteiger partial charge on any atom is -0.469 e. The highest BCUT2D eigenvalue weighted by Gasteiger charge is 2.44. The van der Waals surface area contributed by atoms with Gasteiger partial charge in [0.25, 0.3) is 0 Å². The number of benzene rings is 1. The van der Waals surface area contributed by atoms with Crippen LogP contribution in [-0.2, 0) is 25.5 Å². The van der Waals surface area contributed by atoms with Gasteiger partial charge < -0.3 is 13.9 Å². The summed E-state index contributed by atoms with van der Waals surface area (Å²) in [6.45, 7) is 0. The maximum Gasteiger partial charge on any atom is 0.317 e. The molecule has 0 spiro atoms. The molecule has 1 aliphatic carbocycles. The minimum absolute atomic E-state index is 0.402. The average molecular weight is 344 g/mol. The topological polar surface area (TPSA) is 65.7 Å². The van der Waals surface area contributed by atoms with Crippen LogP contribution in [0.5, 0.6) is 0 Å². The zero-order valence-corrected chi connectivity index (χ0v) is 14.1. The lowest BCUT2D eigenvalue weighted by atomic mass is 9.79. The van der Waals surface area contributed by atoms with Crippen LogP contribution in [0.2, 0.25) is 0 Å². The van der Waals surface area contributed by atoms with Gasteiger partial charge in [-0.15, -0.1) is 11.3 Å². The number of esters is 2. The molecule has 0 unspecified atom stereocenters. The number of aryl methyl sites for hydroxylation is 1. The Hall–Kier alpha value is -2.34. The molecule has 0 aliphatic heterocycles. The average Bonchev–Trinajstić information content (AvgIpc) is 3.15. The molecular weight excluding hydrogens is 328 g/mol. The minimum atomic E-state index is -0.746. The van der Waals surface area contributed by atoms with E-state index < -0.39 is 23.8 Å². The Morgan fingerprint density at radius 2 is 1.92 bits per heavy atom. The summed E-state index contributed by atoms with van der Waals surface area (Å²) in [5, 5.41) is 1.03. The summed E-state index contributed by atoms with van der Waals surface area (Å²) >= 11 is 1.66. The van der Waals surface area contributed by atoms with Gasteiger partial charge in [0.2, 0.25) is 0 Å². The highest BCUT2D eigenvalue weighted by molar-refractivity contribution is 7.25. The zero-order valence-electron chi connectivity index (χ0n) is 13.3. The Balaban J connectivity index is 1.93. The van der Waals surface area contributed by atoms with E-state index in [9.17, 15) is 9.59 Å². The zero-order chi connectivity index (χ0) is 16.8. The third kappa shape index (κ3) is 2.06. The summed E-state index contributed by atoms with van der Waals surface area (Å²) in [4.78, 5) is 24.4. The molecule has 2 atom stereocenters. The maximum absolute atomic E-state index is 12.3. The molecule has 2 aromatic heterocycles. The normalized spacial score (nSPS) is 20.1. The SMILES string of the molecule is COC(=O)[C@H]1CCc2c(oc3c2sc2ccccc23)[C@@H]1C(=O)OC. The number of ether oxygens (including phenoxy) is 2. The lowest BCUT2D eigenvalue weighted by Crippen LogP contribution is -2.33. The number of carbonyl (C=O) groups is 2. The van der Waals surface area contributed by atoms with Gasteiger partial charge >= 0.3 is 11.9 Å². The first-order valence-corrected chi connectivity index (χ1v) is 8.55. The van der Waals surface area contributed by atoms with Crippen LogP contribution in [0.25, 0.3) is 20.4 Å². The van der Waals surface area contributed by atoms with E-state index in [4.69, 9.17) is 13.9 Å². The van der Waals surface area contributed by atoms with E-state index >= 15 is 0 Å². The number of furan rings is 1. The predicted molar refractivity (Wildman–Crippen MR) is 90.2 cm³/mol. The summed E-state index contributed by atoms with van der Waals surface area (Å²) in [6.07, 6.45) is 1.23. The van der Waals surface area contributed by atoms with Gasteiger partial charge in [0, 0.05) is 15.6 Å². The van der Waals surface area contributed by atoms with Crippen LogP contribution in [0.4, 0.5) is 0 Å². The molecule has 0 saturated heterocycles. The number of thiophene rings is 1. The van der Waals surface area contributed by atoms with Crippen molar-refractivity contribution in [1.29, 1.82) is 0 Å². The highest BCUT2D eigenvalue weighted by atomic mass is 32.1. The van der Waals surface area contributed by atoms with Crippen molar-refractivity contribution in [3.05, 3.63) is 35.6 Å². The summed E-state index contributed by atoms with van der Waals surface area (Å²) in [7, 11) is 2.66. The summed E-state index contributed by atoms with van der Waals surface area (Å²) in [5.74, 6) is -1.63. The van der Waals surface area contributed by atoms with Crippen LogP contribution in [-0.4, -0.2) is 26.2 Å². The Morgan fingerprint density at radius 3 is 2.67 bits per heavy atom. The van der Waals surface area contributed by atoms with Crippen molar-refractivity contribution in [2.45, 2.75) is 18.8 Å². The monoisotopic (exact) mass is 344 g/mol. The van der Waals surface area contributed by atoms with Crippen molar-refractivity contribution in [2.24, 2.45) is 5.92 Å². The van der Waals surface area contributed by atoms with Crippen molar-refractivity contribution in [3.8, 4) is 0 Å². The van der Waals surface area contributed by atoms with E-state index in [-0.39, 0.29) is 0 Å². The fourth-order valence-corrected chi connectivity index (χ4v) is 4.75. The molecule has 3 aromatic rings. The van der Waals surface area contributed by atoms with Crippen LogP contribution in [0.3, 0.4) is 0 Å². The Labute approximate surface area is 142 Å². The molecule has 0 saturated carbocycles. The first kappa shape index (κ1) is 15.2. The van der Waals surface area contributed by atoms with Crippen LogP contribution >= 0.6 is 11.3 Å². The van der Waals surface area contributed by atoms with Gasteiger partial charge in [0.15, 0.2) is 5.58 Å². The van der Waals surface area contributed by atoms with E-state index in [0.717, 1.165) is 25.9 Å². The van der Waals surface area contributed by atoms with Crippen molar-refractivity contribution in [3.63, 3.8) is 0 Å². The second-order valence-corrected chi connectivity index (χ2v) is 6.92. The second kappa shape index (κ2) is 5.63. The van der Waals surface area contributed by atoms with E-state index in [1.165, 1.54) is 14.2 Å². The van der Waals surface area contributed by atoms with E-state index in [0.29, 0.717) is 18.6 Å². The number of rotatable bonds is 2. The highest BCUT2D eigenvalue weighted by Crippen LogP contribution is 2.47. The van der Waals surface area contributed by atoms with E-state index in [1.807, 2.05) is 18.2 Å². The molecule has 2 heterocycles. The van der Waals surface area contributed by atoms with Crippen molar-refractivity contribution in [2.75, 3.05) is 14.2 Å². The summed E-state index contributed by atoms with van der Waals surface area (Å²) in [5.41, 5.74) is 1.81. The summed E-state index contributed by atoms with van der Waals surface area (Å²) in [6, 6.07) is 8.02. The molecule has 24 heavy (non-hydrogen) atoms. The molecule has 1 aliphatic rings. The van der Waals surface area contributed by atoms with Gasteiger partial charge in [-0.2, -0.15) is 0 Å². The Morgan fingerprint density at radius 1 is 1.17 bits per heavy atom. The third-order valence-corrected chi connectivity index (χ3v) is 5.89. The molecule has 0 bridgehead atoms. The molecule has 0 amide bonds.